The Bertz CT molecular complexity index is 630. The Labute approximate surface area is 124 Å². The highest BCUT2D eigenvalue weighted by atomic mass is 16.3. The second kappa shape index (κ2) is 6.54. The number of hydrogen-bond donors (Lipinski definition) is 2. The molecule has 0 fully saturated rings. The van der Waals surface area contributed by atoms with Crippen LogP contribution in [0.3, 0.4) is 0 Å². The second-order valence-electron chi connectivity index (χ2n) is 5.18. The summed E-state index contributed by atoms with van der Waals surface area (Å²) in [6.45, 7) is 3.99. The van der Waals surface area contributed by atoms with Crippen molar-refractivity contribution in [2.24, 2.45) is 7.05 Å². The van der Waals surface area contributed by atoms with Crippen molar-refractivity contribution in [1.29, 1.82) is 0 Å². The van der Waals surface area contributed by atoms with Crippen LogP contribution in [0.1, 0.15) is 28.9 Å². The molecule has 1 amide bonds. The van der Waals surface area contributed by atoms with E-state index in [9.17, 15) is 4.79 Å². The van der Waals surface area contributed by atoms with E-state index >= 15 is 0 Å². The Balaban J connectivity index is 1.92. The van der Waals surface area contributed by atoms with Gasteiger partial charge in [-0.2, -0.15) is 5.10 Å². The Morgan fingerprint density at radius 1 is 1.29 bits per heavy atom. The van der Waals surface area contributed by atoms with Crippen LogP contribution in [0.25, 0.3) is 0 Å². The number of nitrogens with one attached hydrogen (secondary N) is 1. The normalized spacial score (nSPS) is 10.7. The zero-order chi connectivity index (χ0) is 15.4. The zero-order valence-corrected chi connectivity index (χ0v) is 12.7. The molecule has 1 aromatic heterocycles. The molecule has 2 rings (SSSR count). The molecule has 0 bridgehead atoms. The maximum Gasteiger partial charge on any atom is 0.224 e. The summed E-state index contributed by atoms with van der Waals surface area (Å²) >= 11 is 0. The topological polar surface area (TPSA) is 67.2 Å². The third-order valence-electron chi connectivity index (χ3n) is 3.68. The number of carbonyl (C=O) groups excluding carboxylic acids is 1. The number of benzene rings is 1. The van der Waals surface area contributed by atoms with E-state index in [4.69, 9.17) is 5.11 Å². The van der Waals surface area contributed by atoms with Crippen LogP contribution >= 0.6 is 0 Å². The summed E-state index contributed by atoms with van der Waals surface area (Å²) in [7, 11) is 1.91. The lowest BCUT2D eigenvalue weighted by molar-refractivity contribution is -0.116. The number of aromatic nitrogens is 2. The predicted octanol–water partition coefficient (Wildman–Crippen LogP) is 2.10. The van der Waals surface area contributed by atoms with Crippen molar-refractivity contribution in [3.63, 3.8) is 0 Å². The first-order valence-corrected chi connectivity index (χ1v) is 7.00. The highest BCUT2D eigenvalue weighted by Gasteiger charge is 2.11. The van der Waals surface area contributed by atoms with Crippen molar-refractivity contribution in [2.45, 2.75) is 33.3 Å². The van der Waals surface area contributed by atoms with E-state index in [1.807, 2.05) is 25.6 Å². The Hall–Kier alpha value is -2.14. The number of hydrogen-bond acceptors (Lipinski definition) is 3. The fraction of sp³-hybridized carbons (Fsp3) is 0.375. The molecular weight excluding hydrogens is 266 g/mol. The number of aliphatic hydroxyl groups excluding tert-OH is 1. The summed E-state index contributed by atoms with van der Waals surface area (Å²) in [6, 6.07) is 7.18. The van der Waals surface area contributed by atoms with Gasteiger partial charge in [-0.3, -0.25) is 9.48 Å². The lowest BCUT2D eigenvalue weighted by Gasteiger charge is -2.06. The van der Waals surface area contributed by atoms with Gasteiger partial charge in [-0.1, -0.05) is 12.1 Å². The minimum absolute atomic E-state index is 0.00773. The van der Waals surface area contributed by atoms with Gasteiger partial charge in [0.15, 0.2) is 0 Å². The van der Waals surface area contributed by atoms with Gasteiger partial charge in [-0.15, -0.1) is 0 Å². The average molecular weight is 287 g/mol. The molecule has 21 heavy (non-hydrogen) atoms. The second-order valence-corrected chi connectivity index (χ2v) is 5.18. The fourth-order valence-electron chi connectivity index (χ4n) is 2.33. The van der Waals surface area contributed by atoms with E-state index in [1.54, 1.807) is 24.3 Å². The highest BCUT2D eigenvalue weighted by molar-refractivity contribution is 5.90. The molecule has 0 saturated carbocycles. The quantitative estimate of drug-likeness (QED) is 0.885. The van der Waals surface area contributed by atoms with Gasteiger partial charge in [-0.05, 0) is 43.5 Å². The van der Waals surface area contributed by atoms with Gasteiger partial charge in [0.1, 0.15) is 0 Å². The van der Waals surface area contributed by atoms with Crippen LogP contribution in [0.15, 0.2) is 24.3 Å². The molecule has 112 valence electrons. The smallest absolute Gasteiger partial charge is 0.224 e. The molecule has 0 aliphatic carbocycles. The van der Waals surface area contributed by atoms with Gasteiger partial charge in [-0.25, -0.2) is 0 Å². The minimum atomic E-state index is -0.0191. The van der Waals surface area contributed by atoms with E-state index in [2.05, 4.69) is 10.4 Å². The summed E-state index contributed by atoms with van der Waals surface area (Å²) in [5, 5.41) is 16.2. The monoisotopic (exact) mass is 287 g/mol. The van der Waals surface area contributed by atoms with E-state index in [0.717, 1.165) is 28.2 Å². The summed E-state index contributed by atoms with van der Waals surface area (Å²) < 4.78 is 1.84. The molecule has 5 heteroatoms. The average Bonchev–Trinajstić information content (AvgIpc) is 2.71. The van der Waals surface area contributed by atoms with Gasteiger partial charge in [0.05, 0.1) is 12.3 Å². The molecule has 2 aromatic rings. The molecule has 0 aliphatic heterocycles. The third kappa shape index (κ3) is 3.70. The van der Waals surface area contributed by atoms with Crippen LogP contribution in [0, 0.1) is 13.8 Å². The van der Waals surface area contributed by atoms with E-state index in [1.165, 1.54) is 0 Å². The summed E-state index contributed by atoms with van der Waals surface area (Å²) in [5.74, 6) is -0.0191. The van der Waals surface area contributed by atoms with Crippen LogP contribution in [-0.2, 0) is 24.9 Å². The molecule has 0 atom stereocenters. The van der Waals surface area contributed by atoms with Gasteiger partial charge in [0, 0.05) is 24.8 Å². The van der Waals surface area contributed by atoms with Crippen LogP contribution in [0.4, 0.5) is 5.69 Å². The van der Waals surface area contributed by atoms with Crippen molar-refractivity contribution >= 4 is 11.6 Å². The first-order chi connectivity index (χ1) is 10.0. The van der Waals surface area contributed by atoms with E-state index in [-0.39, 0.29) is 12.5 Å². The van der Waals surface area contributed by atoms with Crippen LogP contribution in [0.5, 0.6) is 0 Å². The number of anilines is 1. The van der Waals surface area contributed by atoms with E-state index in [0.29, 0.717) is 12.8 Å². The Kier molecular flexibility index (Phi) is 4.75. The maximum absolute atomic E-state index is 12.0. The highest BCUT2D eigenvalue weighted by Crippen LogP contribution is 2.15. The molecule has 0 radical (unpaired) electrons. The third-order valence-corrected chi connectivity index (χ3v) is 3.68. The maximum atomic E-state index is 12.0. The van der Waals surface area contributed by atoms with Crippen LogP contribution < -0.4 is 5.32 Å². The number of amides is 1. The molecule has 2 N–H and O–H groups in total. The fourth-order valence-corrected chi connectivity index (χ4v) is 2.33. The van der Waals surface area contributed by atoms with Gasteiger partial charge >= 0.3 is 0 Å². The van der Waals surface area contributed by atoms with E-state index < -0.39 is 0 Å². The molecular formula is C16H21N3O2. The summed E-state index contributed by atoms with van der Waals surface area (Å²) in [5.41, 5.74) is 4.80. The molecule has 0 aliphatic rings. The minimum Gasteiger partial charge on any atom is -0.392 e. The lowest BCUT2D eigenvalue weighted by Crippen LogP contribution is -2.12. The van der Waals surface area contributed by atoms with Crippen molar-refractivity contribution < 1.29 is 9.90 Å². The molecule has 1 aromatic carbocycles. The number of aryl methyl sites for hydroxylation is 2. The van der Waals surface area contributed by atoms with Crippen molar-refractivity contribution in [2.75, 3.05) is 5.32 Å². The standard InChI is InChI=1S/C16H21N3O2/c1-11-15(12(2)19(3)18-11)8-9-16(21)17-14-6-4-13(10-20)5-7-14/h4-7,20H,8-10H2,1-3H3,(H,17,21). The SMILES string of the molecule is Cc1nn(C)c(C)c1CCC(=O)Nc1ccc(CO)cc1. The van der Waals surface area contributed by atoms with Gasteiger partial charge in [0.25, 0.3) is 0 Å². The molecule has 0 spiro atoms. The number of rotatable bonds is 5. The predicted molar refractivity (Wildman–Crippen MR) is 82.0 cm³/mol. The zero-order valence-electron chi connectivity index (χ0n) is 12.7. The lowest BCUT2D eigenvalue weighted by atomic mass is 10.1. The van der Waals surface area contributed by atoms with Crippen molar-refractivity contribution in [3.8, 4) is 0 Å². The molecule has 5 nitrogen and oxygen atoms in total. The number of carbonyl (C=O) groups is 1. The Morgan fingerprint density at radius 3 is 2.48 bits per heavy atom. The summed E-state index contributed by atoms with van der Waals surface area (Å²) in [4.78, 5) is 12.0. The van der Waals surface area contributed by atoms with Crippen molar-refractivity contribution in [3.05, 3.63) is 46.8 Å². The van der Waals surface area contributed by atoms with Crippen LogP contribution in [-0.4, -0.2) is 20.8 Å². The molecule has 0 unspecified atom stereocenters. The summed E-state index contributed by atoms with van der Waals surface area (Å²) in [6.07, 6.45) is 1.11. The van der Waals surface area contributed by atoms with Crippen molar-refractivity contribution in [1.82, 2.24) is 9.78 Å². The van der Waals surface area contributed by atoms with Gasteiger partial charge < -0.3 is 10.4 Å². The number of nitrogens with zero attached hydrogens (tertiary/aromatic N) is 2. The first-order valence-electron chi connectivity index (χ1n) is 7.00. The molecule has 0 saturated heterocycles. The van der Waals surface area contributed by atoms with Gasteiger partial charge in [0.2, 0.25) is 5.91 Å². The Morgan fingerprint density at radius 2 is 1.95 bits per heavy atom. The van der Waals surface area contributed by atoms with Crippen LogP contribution in [0.2, 0.25) is 0 Å². The molecule has 1 heterocycles. The largest absolute Gasteiger partial charge is 0.392 e. The number of aliphatic hydroxyl groups is 1. The first kappa shape index (κ1) is 15.3.